The van der Waals surface area contributed by atoms with Gasteiger partial charge in [0.2, 0.25) is 0 Å². The van der Waals surface area contributed by atoms with Crippen molar-refractivity contribution in [3.63, 3.8) is 0 Å². The molecule has 16 heavy (non-hydrogen) atoms. The van der Waals surface area contributed by atoms with Gasteiger partial charge in [0, 0.05) is 13.1 Å². The van der Waals surface area contributed by atoms with Crippen LogP contribution in [0.5, 0.6) is 0 Å². The first-order valence-electron chi connectivity index (χ1n) is 5.17. The highest BCUT2D eigenvalue weighted by molar-refractivity contribution is 7.79. The molecule has 5 heteroatoms. The van der Waals surface area contributed by atoms with E-state index in [-0.39, 0.29) is 0 Å². The molecule has 1 aromatic rings. The Balaban J connectivity index is 0.000000181. The molecule has 1 aromatic carbocycles. The largest absolute Gasteiger partial charge is 0.379 e. The van der Waals surface area contributed by atoms with Crippen LogP contribution < -0.4 is 5.32 Å². The lowest BCUT2D eigenvalue weighted by Gasteiger charge is -2.10. The van der Waals surface area contributed by atoms with Crippen molar-refractivity contribution in [2.24, 2.45) is 0 Å². The van der Waals surface area contributed by atoms with E-state index in [0.717, 1.165) is 31.9 Å². The van der Waals surface area contributed by atoms with Crippen molar-refractivity contribution in [2.45, 2.75) is 11.8 Å². The number of benzene rings is 1. The average Bonchev–Trinajstić information content (AvgIpc) is 2.32. The van der Waals surface area contributed by atoms with E-state index in [9.17, 15) is 4.21 Å². The van der Waals surface area contributed by atoms with Crippen LogP contribution >= 0.6 is 0 Å². The molecule has 0 saturated carbocycles. The number of rotatable bonds is 1. The second-order valence-electron chi connectivity index (χ2n) is 3.38. The second-order valence-corrected chi connectivity index (χ2v) is 4.32. The monoisotopic (exact) mass is 243 g/mol. The first-order chi connectivity index (χ1) is 7.72. The highest BCUT2D eigenvalue weighted by Crippen LogP contribution is 2.09. The molecule has 1 fully saturated rings. The zero-order chi connectivity index (χ0) is 11.8. The molecule has 1 aliphatic heterocycles. The Hall–Kier alpha value is -0.750. The highest BCUT2D eigenvalue weighted by Gasteiger charge is 2.00. The van der Waals surface area contributed by atoms with Crippen LogP contribution in [0, 0.1) is 6.92 Å². The smallest absolute Gasteiger partial charge is 0.186 e. The molecule has 0 bridgehead atoms. The minimum atomic E-state index is -1.84. The normalized spacial score (nSPS) is 17.1. The van der Waals surface area contributed by atoms with Crippen LogP contribution in [0.4, 0.5) is 0 Å². The molecule has 0 spiro atoms. The summed E-state index contributed by atoms with van der Waals surface area (Å²) < 4.78 is 24.2. The Labute approximate surface area is 98.3 Å². The third-order valence-electron chi connectivity index (χ3n) is 2.13. The number of aryl methyl sites for hydroxylation is 1. The van der Waals surface area contributed by atoms with Gasteiger partial charge >= 0.3 is 0 Å². The predicted octanol–water partition coefficient (Wildman–Crippen LogP) is 1.18. The van der Waals surface area contributed by atoms with Crippen LogP contribution in [-0.2, 0) is 15.8 Å². The minimum Gasteiger partial charge on any atom is -0.379 e. The van der Waals surface area contributed by atoms with Crippen molar-refractivity contribution in [2.75, 3.05) is 26.3 Å². The molecule has 0 radical (unpaired) electrons. The molecular weight excluding hydrogens is 226 g/mol. The quantitative estimate of drug-likeness (QED) is 0.727. The molecule has 2 rings (SSSR count). The number of ether oxygens (including phenoxy) is 1. The second kappa shape index (κ2) is 7.51. The first kappa shape index (κ1) is 13.3. The fourth-order valence-electron chi connectivity index (χ4n) is 1.27. The molecule has 1 aliphatic rings. The van der Waals surface area contributed by atoms with E-state index in [1.165, 1.54) is 0 Å². The molecule has 90 valence electrons. The number of morpholine rings is 1. The van der Waals surface area contributed by atoms with Crippen molar-refractivity contribution in [3.8, 4) is 0 Å². The fourth-order valence-corrected chi connectivity index (χ4v) is 1.81. The van der Waals surface area contributed by atoms with Crippen LogP contribution in [-0.4, -0.2) is 35.1 Å². The Bertz CT molecular complexity index is 328. The Morgan fingerprint density at radius 2 is 1.94 bits per heavy atom. The maximum absolute atomic E-state index is 10.5. The van der Waals surface area contributed by atoms with Crippen LogP contribution in [0.25, 0.3) is 0 Å². The highest BCUT2D eigenvalue weighted by atomic mass is 32.2. The van der Waals surface area contributed by atoms with E-state index in [0.29, 0.717) is 4.90 Å². The van der Waals surface area contributed by atoms with E-state index in [1.54, 1.807) is 12.1 Å². The molecule has 1 heterocycles. The Morgan fingerprint density at radius 1 is 1.31 bits per heavy atom. The van der Waals surface area contributed by atoms with Gasteiger partial charge in [-0.05, 0) is 18.6 Å². The minimum absolute atomic E-state index is 0.488. The summed E-state index contributed by atoms with van der Waals surface area (Å²) in [5.74, 6) is 0. The topological polar surface area (TPSA) is 58.6 Å². The summed E-state index contributed by atoms with van der Waals surface area (Å²) in [4.78, 5) is 0.488. The van der Waals surface area contributed by atoms with Crippen LogP contribution in [0.15, 0.2) is 29.2 Å². The van der Waals surface area contributed by atoms with E-state index < -0.39 is 11.1 Å². The van der Waals surface area contributed by atoms with Crippen LogP contribution in [0.2, 0.25) is 0 Å². The molecule has 0 aliphatic carbocycles. The van der Waals surface area contributed by atoms with Gasteiger partial charge in [-0.1, -0.05) is 18.2 Å². The van der Waals surface area contributed by atoms with Gasteiger partial charge in [0.1, 0.15) is 0 Å². The zero-order valence-electron chi connectivity index (χ0n) is 9.31. The molecule has 4 nitrogen and oxygen atoms in total. The number of hydrogen-bond acceptors (Lipinski definition) is 3. The van der Waals surface area contributed by atoms with E-state index in [4.69, 9.17) is 9.29 Å². The predicted molar refractivity (Wildman–Crippen MR) is 63.9 cm³/mol. The summed E-state index contributed by atoms with van der Waals surface area (Å²) >= 11 is -1.84. The van der Waals surface area contributed by atoms with E-state index >= 15 is 0 Å². The van der Waals surface area contributed by atoms with Crippen molar-refractivity contribution in [1.82, 2.24) is 5.32 Å². The van der Waals surface area contributed by atoms with Gasteiger partial charge in [0.25, 0.3) is 0 Å². The van der Waals surface area contributed by atoms with Gasteiger partial charge in [-0.3, -0.25) is 0 Å². The first-order valence-corrected chi connectivity index (χ1v) is 6.27. The molecule has 2 N–H and O–H groups in total. The molecule has 1 unspecified atom stereocenters. The van der Waals surface area contributed by atoms with Crippen molar-refractivity contribution in [3.05, 3.63) is 29.8 Å². The summed E-state index contributed by atoms with van der Waals surface area (Å²) in [6.45, 7) is 5.64. The summed E-state index contributed by atoms with van der Waals surface area (Å²) in [6, 6.07) is 7.04. The Morgan fingerprint density at radius 3 is 2.25 bits per heavy atom. The van der Waals surface area contributed by atoms with E-state index in [2.05, 4.69) is 5.32 Å². The summed E-state index contributed by atoms with van der Waals surface area (Å²) in [5, 5.41) is 3.16. The maximum atomic E-state index is 10.5. The molecule has 1 atom stereocenters. The van der Waals surface area contributed by atoms with Crippen molar-refractivity contribution < 1.29 is 13.5 Å². The number of nitrogens with one attached hydrogen (secondary N) is 1. The SMILES string of the molecule is C1COCCN1.Cc1ccccc1S(=O)O. The van der Waals surface area contributed by atoms with Crippen molar-refractivity contribution >= 4 is 11.1 Å². The molecule has 0 amide bonds. The van der Waals surface area contributed by atoms with Gasteiger partial charge in [-0.15, -0.1) is 0 Å². The van der Waals surface area contributed by atoms with Crippen LogP contribution in [0.1, 0.15) is 5.56 Å². The number of hydrogen-bond donors (Lipinski definition) is 2. The standard InChI is InChI=1S/C7H8O2S.C4H9NO/c1-6-4-2-3-5-7(6)10(8)9;1-3-6-4-2-5-1/h2-5H,1H3,(H,8,9);5H,1-4H2. The van der Waals surface area contributed by atoms with Gasteiger partial charge in [0.15, 0.2) is 11.1 Å². The van der Waals surface area contributed by atoms with Gasteiger partial charge in [-0.2, -0.15) is 0 Å². The van der Waals surface area contributed by atoms with Crippen molar-refractivity contribution in [1.29, 1.82) is 0 Å². The molecule has 0 aromatic heterocycles. The molecule has 1 saturated heterocycles. The van der Waals surface area contributed by atoms with Crippen LogP contribution in [0.3, 0.4) is 0 Å². The fraction of sp³-hybridized carbons (Fsp3) is 0.455. The molecular formula is C11H17NO3S. The summed E-state index contributed by atoms with van der Waals surface area (Å²) in [6.07, 6.45) is 0. The third-order valence-corrected chi connectivity index (χ3v) is 2.96. The van der Waals surface area contributed by atoms with Gasteiger partial charge in [0.05, 0.1) is 18.1 Å². The zero-order valence-corrected chi connectivity index (χ0v) is 10.1. The van der Waals surface area contributed by atoms with E-state index in [1.807, 2.05) is 19.1 Å². The average molecular weight is 243 g/mol. The maximum Gasteiger partial charge on any atom is 0.186 e. The Kier molecular flexibility index (Phi) is 6.25. The third kappa shape index (κ3) is 4.85. The lowest BCUT2D eigenvalue weighted by molar-refractivity contribution is 0.109. The van der Waals surface area contributed by atoms with Gasteiger partial charge in [-0.25, -0.2) is 4.21 Å². The lowest BCUT2D eigenvalue weighted by atomic mass is 10.2. The summed E-state index contributed by atoms with van der Waals surface area (Å²) in [7, 11) is 0. The van der Waals surface area contributed by atoms with Gasteiger partial charge < -0.3 is 14.6 Å². The lowest BCUT2D eigenvalue weighted by Crippen LogP contribution is -2.30. The summed E-state index contributed by atoms with van der Waals surface area (Å²) in [5.41, 5.74) is 0.850.